The van der Waals surface area contributed by atoms with Gasteiger partial charge in [0, 0.05) is 20.3 Å². The summed E-state index contributed by atoms with van der Waals surface area (Å²) in [5, 5.41) is 11.9. The summed E-state index contributed by atoms with van der Waals surface area (Å²) in [6.45, 7) is 3.90. The van der Waals surface area contributed by atoms with Gasteiger partial charge in [0.25, 0.3) is 0 Å². The van der Waals surface area contributed by atoms with Gasteiger partial charge in [0.1, 0.15) is 12.4 Å². The molecule has 0 saturated heterocycles. The number of aliphatic hydroxyl groups is 1. The van der Waals surface area contributed by atoms with Gasteiger partial charge in [0.15, 0.2) is 0 Å². The van der Waals surface area contributed by atoms with Gasteiger partial charge >= 0.3 is 5.97 Å². The number of aliphatic hydroxyl groups excluding tert-OH is 1. The highest BCUT2D eigenvalue weighted by Gasteiger charge is 2.29. The number of esters is 1. The van der Waals surface area contributed by atoms with Crippen LogP contribution in [0.3, 0.4) is 0 Å². The Hall–Kier alpha value is -1.43. The standard InChI is InChI=1S/C10H17NO5/c1-6(13)10(16-8(3)15)9(4-5-12)11-7(2)14/h5-6,9-10,13H,4H2,1-3H3,(H,11,14)/t6-,9-,10-/m0/s1. The van der Waals surface area contributed by atoms with Gasteiger partial charge in [-0.25, -0.2) is 0 Å². The largest absolute Gasteiger partial charge is 0.458 e. The zero-order valence-electron chi connectivity index (χ0n) is 9.60. The van der Waals surface area contributed by atoms with Crippen molar-refractivity contribution in [3.05, 3.63) is 0 Å². The first-order valence-corrected chi connectivity index (χ1v) is 4.94. The molecule has 0 saturated carbocycles. The van der Waals surface area contributed by atoms with Crippen LogP contribution in [-0.4, -0.2) is 41.5 Å². The Morgan fingerprint density at radius 2 is 2.00 bits per heavy atom. The van der Waals surface area contributed by atoms with Crippen molar-refractivity contribution in [3.63, 3.8) is 0 Å². The van der Waals surface area contributed by atoms with Gasteiger partial charge in [0.2, 0.25) is 5.91 Å². The number of amides is 1. The van der Waals surface area contributed by atoms with E-state index in [1.807, 2.05) is 0 Å². The molecule has 0 bridgehead atoms. The van der Waals surface area contributed by atoms with Crippen LogP contribution >= 0.6 is 0 Å². The minimum absolute atomic E-state index is 0.0254. The maximum atomic E-state index is 10.9. The van der Waals surface area contributed by atoms with E-state index in [-0.39, 0.29) is 12.3 Å². The highest BCUT2D eigenvalue weighted by atomic mass is 16.6. The van der Waals surface area contributed by atoms with Crippen LogP contribution in [0.25, 0.3) is 0 Å². The molecule has 0 unspecified atom stereocenters. The van der Waals surface area contributed by atoms with Crippen molar-refractivity contribution in [1.29, 1.82) is 0 Å². The Morgan fingerprint density at radius 3 is 2.31 bits per heavy atom. The molecule has 0 spiro atoms. The first-order valence-electron chi connectivity index (χ1n) is 4.94. The lowest BCUT2D eigenvalue weighted by Crippen LogP contribution is -2.49. The van der Waals surface area contributed by atoms with Crippen LogP contribution in [0.1, 0.15) is 27.2 Å². The van der Waals surface area contributed by atoms with Crippen LogP contribution in [0.5, 0.6) is 0 Å². The first-order chi connectivity index (χ1) is 7.38. The van der Waals surface area contributed by atoms with E-state index in [9.17, 15) is 19.5 Å². The molecule has 0 aromatic heterocycles. The van der Waals surface area contributed by atoms with E-state index in [4.69, 9.17) is 4.74 Å². The Morgan fingerprint density at radius 1 is 1.44 bits per heavy atom. The molecule has 0 heterocycles. The number of carbonyl (C=O) groups is 3. The molecule has 0 fully saturated rings. The second-order valence-electron chi connectivity index (χ2n) is 3.52. The summed E-state index contributed by atoms with van der Waals surface area (Å²) in [6.07, 6.45) is -1.32. The second kappa shape index (κ2) is 6.95. The van der Waals surface area contributed by atoms with Crippen LogP contribution < -0.4 is 5.32 Å². The van der Waals surface area contributed by atoms with Crippen LogP contribution in [-0.2, 0) is 19.1 Å². The number of hydrogen-bond donors (Lipinski definition) is 2. The Labute approximate surface area is 94.0 Å². The highest BCUT2D eigenvalue weighted by Crippen LogP contribution is 2.08. The van der Waals surface area contributed by atoms with Crippen molar-refractivity contribution in [2.45, 2.75) is 45.4 Å². The van der Waals surface area contributed by atoms with E-state index in [2.05, 4.69) is 5.32 Å². The lowest BCUT2D eigenvalue weighted by atomic mass is 10.0. The average Bonchev–Trinajstić information content (AvgIpc) is 2.12. The van der Waals surface area contributed by atoms with Crippen LogP contribution in [0.2, 0.25) is 0 Å². The summed E-state index contributed by atoms with van der Waals surface area (Å²) >= 11 is 0. The van der Waals surface area contributed by atoms with Gasteiger partial charge in [-0.05, 0) is 6.92 Å². The Balaban J connectivity index is 4.70. The van der Waals surface area contributed by atoms with Crippen molar-refractivity contribution >= 4 is 18.2 Å². The summed E-state index contributed by atoms with van der Waals surface area (Å²) in [4.78, 5) is 32.1. The van der Waals surface area contributed by atoms with E-state index in [0.29, 0.717) is 6.29 Å². The van der Waals surface area contributed by atoms with Crippen LogP contribution in [0.15, 0.2) is 0 Å². The molecule has 1 amide bonds. The third-order valence-electron chi connectivity index (χ3n) is 1.91. The SMILES string of the molecule is CC(=O)N[C@@H](CC=O)[C@@H](OC(C)=O)[C@H](C)O. The molecule has 6 heteroatoms. The number of ether oxygens (including phenoxy) is 1. The van der Waals surface area contributed by atoms with Gasteiger partial charge in [0.05, 0.1) is 12.1 Å². The fourth-order valence-corrected chi connectivity index (χ4v) is 1.35. The molecule has 16 heavy (non-hydrogen) atoms. The smallest absolute Gasteiger partial charge is 0.303 e. The van der Waals surface area contributed by atoms with Gasteiger partial charge in [-0.2, -0.15) is 0 Å². The minimum Gasteiger partial charge on any atom is -0.458 e. The molecule has 0 aliphatic carbocycles. The fraction of sp³-hybridized carbons (Fsp3) is 0.700. The number of aldehydes is 1. The van der Waals surface area contributed by atoms with E-state index in [1.54, 1.807) is 0 Å². The average molecular weight is 231 g/mol. The van der Waals surface area contributed by atoms with Gasteiger partial charge < -0.3 is 20.0 Å². The van der Waals surface area contributed by atoms with Gasteiger partial charge in [-0.15, -0.1) is 0 Å². The van der Waals surface area contributed by atoms with E-state index < -0.39 is 24.2 Å². The molecule has 2 N–H and O–H groups in total. The lowest BCUT2D eigenvalue weighted by molar-refractivity contribution is -0.155. The molecular weight excluding hydrogens is 214 g/mol. The Bertz CT molecular complexity index is 264. The van der Waals surface area contributed by atoms with Crippen molar-refractivity contribution < 1.29 is 24.2 Å². The summed E-state index contributed by atoms with van der Waals surface area (Å²) in [5.41, 5.74) is 0. The number of nitrogens with one attached hydrogen (secondary N) is 1. The quantitative estimate of drug-likeness (QED) is 0.470. The summed E-state index contributed by atoms with van der Waals surface area (Å²) < 4.78 is 4.86. The van der Waals surface area contributed by atoms with Crippen molar-refractivity contribution in [2.75, 3.05) is 0 Å². The van der Waals surface area contributed by atoms with E-state index in [0.717, 1.165) is 0 Å². The van der Waals surface area contributed by atoms with E-state index in [1.165, 1.54) is 20.8 Å². The van der Waals surface area contributed by atoms with E-state index >= 15 is 0 Å². The summed E-state index contributed by atoms with van der Waals surface area (Å²) in [7, 11) is 0. The van der Waals surface area contributed by atoms with Crippen LogP contribution in [0, 0.1) is 0 Å². The molecule has 6 nitrogen and oxygen atoms in total. The van der Waals surface area contributed by atoms with Crippen molar-refractivity contribution in [2.24, 2.45) is 0 Å². The number of hydrogen-bond acceptors (Lipinski definition) is 5. The first kappa shape index (κ1) is 14.6. The molecule has 0 aromatic rings. The summed E-state index contributed by atoms with van der Waals surface area (Å²) in [5.74, 6) is -0.934. The molecular formula is C10H17NO5. The molecule has 0 radical (unpaired) electrons. The molecule has 0 aliphatic heterocycles. The van der Waals surface area contributed by atoms with Crippen LogP contribution in [0.4, 0.5) is 0 Å². The highest BCUT2D eigenvalue weighted by molar-refractivity contribution is 5.74. The third kappa shape index (κ3) is 5.45. The summed E-state index contributed by atoms with van der Waals surface area (Å²) in [6, 6.07) is -0.709. The zero-order chi connectivity index (χ0) is 12.7. The number of carbonyl (C=O) groups excluding carboxylic acids is 3. The third-order valence-corrected chi connectivity index (χ3v) is 1.91. The monoisotopic (exact) mass is 231 g/mol. The topological polar surface area (TPSA) is 92.7 Å². The number of rotatable bonds is 6. The molecule has 0 aromatic carbocycles. The molecule has 92 valence electrons. The predicted octanol–water partition coefficient (Wildman–Crippen LogP) is -0.607. The molecule has 0 aliphatic rings. The Kier molecular flexibility index (Phi) is 6.32. The predicted molar refractivity (Wildman–Crippen MR) is 55.5 cm³/mol. The van der Waals surface area contributed by atoms with Gasteiger partial charge in [-0.3, -0.25) is 9.59 Å². The fourth-order valence-electron chi connectivity index (χ4n) is 1.35. The van der Waals surface area contributed by atoms with Crippen molar-refractivity contribution in [3.8, 4) is 0 Å². The van der Waals surface area contributed by atoms with Gasteiger partial charge in [-0.1, -0.05) is 0 Å². The van der Waals surface area contributed by atoms with Crippen molar-refractivity contribution in [1.82, 2.24) is 5.32 Å². The lowest BCUT2D eigenvalue weighted by Gasteiger charge is -2.27. The zero-order valence-corrected chi connectivity index (χ0v) is 9.60. The second-order valence-corrected chi connectivity index (χ2v) is 3.52. The normalized spacial score (nSPS) is 15.8. The maximum absolute atomic E-state index is 10.9. The maximum Gasteiger partial charge on any atom is 0.303 e. The molecule has 0 rings (SSSR count). The minimum atomic E-state index is -0.972. The molecule has 3 atom stereocenters.